The highest BCUT2D eigenvalue weighted by atomic mass is 35.5. The van der Waals surface area contributed by atoms with Crippen molar-refractivity contribution in [3.05, 3.63) is 88.4 Å². The van der Waals surface area contributed by atoms with E-state index in [1.807, 2.05) is 0 Å². The van der Waals surface area contributed by atoms with E-state index in [2.05, 4.69) is 5.32 Å². The zero-order valence-electron chi connectivity index (χ0n) is 19.6. The molecule has 0 bridgehead atoms. The summed E-state index contributed by atoms with van der Waals surface area (Å²) in [4.78, 5) is 37.3. The number of aryl methyl sites for hydroxylation is 1. The van der Waals surface area contributed by atoms with E-state index in [1.54, 1.807) is 31.2 Å². The standard InChI is InChI=1S/C25H23ClN2O7S/c1-16-6-4-5-7-22(16)28(36(32,33)19-11-9-18(26)10-12-19)15-23(29)27-21-14-17(24(30)34-2)8-13-20(21)25(31)35-3/h4-14H,15H2,1-3H3,(H,27,29). The molecule has 1 N–H and O–H groups in total. The van der Waals surface area contributed by atoms with Crippen LogP contribution in [0, 0.1) is 6.92 Å². The van der Waals surface area contributed by atoms with Gasteiger partial charge in [0.2, 0.25) is 5.91 Å². The Bertz CT molecular complexity index is 1410. The number of rotatable bonds is 8. The van der Waals surface area contributed by atoms with Crippen LogP contribution in [-0.2, 0) is 24.3 Å². The Morgan fingerprint density at radius 1 is 0.917 bits per heavy atom. The number of para-hydroxylation sites is 1. The van der Waals surface area contributed by atoms with Crippen molar-refractivity contribution in [1.29, 1.82) is 0 Å². The number of nitrogens with one attached hydrogen (secondary N) is 1. The summed E-state index contributed by atoms with van der Waals surface area (Å²) in [6, 6.07) is 16.1. The van der Waals surface area contributed by atoms with Crippen LogP contribution in [0.3, 0.4) is 0 Å². The fourth-order valence-electron chi connectivity index (χ4n) is 3.38. The van der Waals surface area contributed by atoms with Crippen LogP contribution in [0.15, 0.2) is 71.6 Å². The number of sulfonamides is 1. The van der Waals surface area contributed by atoms with Gasteiger partial charge in [-0.1, -0.05) is 29.8 Å². The van der Waals surface area contributed by atoms with Gasteiger partial charge in [-0.2, -0.15) is 0 Å². The lowest BCUT2D eigenvalue weighted by atomic mass is 10.1. The molecule has 0 aliphatic heterocycles. The van der Waals surface area contributed by atoms with E-state index in [1.165, 1.54) is 56.7 Å². The van der Waals surface area contributed by atoms with Crippen molar-refractivity contribution in [3.63, 3.8) is 0 Å². The molecule has 0 saturated carbocycles. The zero-order valence-corrected chi connectivity index (χ0v) is 21.2. The van der Waals surface area contributed by atoms with Crippen LogP contribution in [0.4, 0.5) is 11.4 Å². The Balaban J connectivity index is 2.02. The molecule has 3 aromatic carbocycles. The van der Waals surface area contributed by atoms with Gasteiger partial charge < -0.3 is 14.8 Å². The van der Waals surface area contributed by atoms with E-state index >= 15 is 0 Å². The molecule has 0 radical (unpaired) electrons. The molecule has 9 nitrogen and oxygen atoms in total. The largest absolute Gasteiger partial charge is 0.465 e. The number of benzene rings is 3. The minimum absolute atomic E-state index is 0.0264. The first-order valence-electron chi connectivity index (χ1n) is 10.5. The number of nitrogens with zero attached hydrogens (tertiary/aromatic N) is 1. The molecule has 3 rings (SSSR count). The summed E-state index contributed by atoms with van der Waals surface area (Å²) in [5.74, 6) is -2.21. The first-order valence-corrected chi connectivity index (χ1v) is 12.3. The molecule has 11 heteroatoms. The normalized spacial score (nSPS) is 10.9. The maximum Gasteiger partial charge on any atom is 0.339 e. The molecule has 0 aliphatic carbocycles. The Hall–Kier alpha value is -3.89. The van der Waals surface area contributed by atoms with Crippen LogP contribution in [0.25, 0.3) is 0 Å². The highest BCUT2D eigenvalue weighted by Gasteiger charge is 2.29. The number of carbonyl (C=O) groups is 3. The number of hydrogen-bond donors (Lipinski definition) is 1. The van der Waals surface area contributed by atoms with E-state index in [-0.39, 0.29) is 21.7 Å². The van der Waals surface area contributed by atoms with Crippen LogP contribution in [0.5, 0.6) is 0 Å². The second kappa shape index (κ2) is 11.2. The fourth-order valence-corrected chi connectivity index (χ4v) is 4.99. The van der Waals surface area contributed by atoms with Crippen molar-refractivity contribution in [2.45, 2.75) is 11.8 Å². The molecule has 0 spiro atoms. The van der Waals surface area contributed by atoms with Crippen LogP contribution < -0.4 is 9.62 Å². The van der Waals surface area contributed by atoms with Crippen LogP contribution in [-0.4, -0.2) is 47.0 Å². The third-order valence-electron chi connectivity index (χ3n) is 5.19. The second-order valence-electron chi connectivity index (χ2n) is 7.54. The highest BCUT2D eigenvalue weighted by Crippen LogP contribution is 2.28. The lowest BCUT2D eigenvalue weighted by molar-refractivity contribution is -0.114. The Kier molecular flexibility index (Phi) is 8.33. The lowest BCUT2D eigenvalue weighted by Crippen LogP contribution is -2.38. The summed E-state index contributed by atoms with van der Waals surface area (Å²) in [7, 11) is -1.83. The molecule has 36 heavy (non-hydrogen) atoms. The number of anilines is 2. The van der Waals surface area contributed by atoms with Gasteiger partial charge in [-0.05, 0) is 61.0 Å². The van der Waals surface area contributed by atoms with Gasteiger partial charge in [0.15, 0.2) is 0 Å². The molecular weight excluding hydrogens is 508 g/mol. The van der Waals surface area contributed by atoms with Crippen LogP contribution in [0.2, 0.25) is 5.02 Å². The molecule has 188 valence electrons. The SMILES string of the molecule is COC(=O)c1ccc(C(=O)OC)c(NC(=O)CN(c2ccccc2C)S(=O)(=O)c2ccc(Cl)cc2)c1. The molecule has 0 atom stereocenters. The van der Waals surface area contributed by atoms with Crippen molar-refractivity contribution in [1.82, 2.24) is 0 Å². The number of halogens is 1. The van der Waals surface area contributed by atoms with Crippen molar-refractivity contribution < 1.29 is 32.3 Å². The van der Waals surface area contributed by atoms with E-state index in [9.17, 15) is 22.8 Å². The fraction of sp³-hybridized carbons (Fsp3) is 0.160. The number of amides is 1. The molecule has 1 amide bonds. The minimum atomic E-state index is -4.19. The van der Waals surface area contributed by atoms with Crippen molar-refractivity contribution in [2.75, 3.05) is 30.4 Å². The second-order valence-corrected chi connectivity index (χ2v) is 9.84. The van der Waals surface area contributed by atoms with Crippen LogP contribution in [0.1, 0.15) is 26.3 Å². The Morgan fingerprint density at radius 3 is 2.17 bits per heavy atom. The third-order valence-corrected chi connectivity index (χ3v) is 7.22. The minimum Gasteiger partial charge on any atom is -0.465 e. The Labute approximate surface area is 213 Å². The van der Waals surface area contributed by atoms with E-state index in [0.29, 0.717) is 16.3 Å². The zero-order chi connectivity index (χ0) is 26.5. The topological polar surface area (TPSA) is 119 Å². The van der Waals surface area contributed by atoms with Gasteiger partial charge in [0, 0.05) is 5.02 Å². The number of methoxy groups -OCH3 is 2. The van der Waals surface area contributed by atoms with E-state index in [4.69, 9.17) is 21.1 Å². The molecule has 0 aromatic heterocycles. The van der Waals surface area contributed by atoms with Crippen molar-refractivity contribution in [2.24, 2.45) is 0 Å². The van der Waals surface area contributed by atoms with Crippen molar-refractivity contribution >= 4 is 50.8 Å². The number of ether oxygens (including phenoxy) is 2. The average molecular weight is 531 g/mol. The predicted molar refractivity (Wildman–Crippen MR) is 135 cm³/mol. The number of esters is 2. The molecular formula is C25H23ClN2O7S. The molecule has 0 heterocycles. The summed E-state index contributed by atoms with van der Waals surface area (Å²) in [6.45, 7) is 1.09. The highest BCUT2D eigenvalue weighted by molar-refractivity contribution is 7.92. The summed E-state index contributed by atoms with van der Waals surface area (Å²) in [5.41, 5.74) is 0.916. The van der Waals surface area contributed by atoms with Gasteiger partial charge in [0.25, 0.3) is 10.0 Å². The number of carbonyl (C=O) groups excluding carboxylic acids is 3. The third kappa shape index (κ3) is 5.84. The van der Waals surface area contributed by atoms with Gasteiger partial charge >= 0.3 is 11.9 Å². The molecule has 0 saturated heterocycles. The first-order chi connectivity index (χ1) is 17.1. The summed E-state index contributed by atoms with van der Waals surface area (Å²) < 4.78 is 37.5. The monoisotopic (exact) mass is 530 g/mol. The molecule has 3 aromatic rings. The van der Waals surface area contributed by atoms with Gasteiger partial charge in [-0.15, -0.1) is 0 Å². The van der Waals surface area contributed by atoms with E-state index < -0.39 is 34.4 Å². The predicted octanol–water partition coefficient (Wildman–Crippen LogP) is 4.06. The van der Waals surface area contributed by atoms with Crippen LogP contribution >= 0.6 is 11.6 Å². The van der Waals surface area contributed by atoms with Crippen molar-refractivity contribution in [3.8, 4) is 0 Å². The average Bonchev–Trinajstić information content (AvgIpc) is 2.87. The maximum absolute atomic E-state index is 13.6. The smallest absolute Gasteiger partial charge is 0.339 e. The first kappa shape index (κ1) is 26.7. The van der Waals surface area contributed by atoms with Gasteiger partial charge in [0.1, 0.15) is 6.54 Å². The lowest BCUT2D eigenvalue weighted by Gasteiger charge is -2.25. The Morgan fingerprint density at radius 2 is 1.56 bits per heavy atom. The van der Waals surface area contributed by atoms with Gasteiger partial charge in [-0.25, -0.2) is 18.0 Å². The molecule has 0 unspecified atom stereocenters. The molecule has 0 aliphatic rings. The summed E-state index contributed by atoms with van der Waals surface area (Å²) in [5, 5.41) is 2.88. The van der Waals surface area contributed by atoms with E-state index in [0.717, 1.165) is 4.31 Å². The molecule has 0 fully saturated rings. The number of hydrogen-bond acceptors (Lipinski definition) is 7. The maximum atomic E-state index is 13.6. The summed E-state index contributed by atoms with van der Waals surface area (Å²) in [6.07, 6.45) is 0. The van der Waals surface area contributed by atoms with Gasteiger partial charge in [0.05, 0.1) is 41.6 Å². The van der Waals surface area contributed by atoms with Gasteiger partial charge in [-0.3, -0.25) is 9.10 Å². The summed E-state index contributed by atoms with van der Waals surface area (Å²) >= 11 is 5.91. The quantitative estimate of drug-likeness (QED) is 0.436.